The average molecular weight is 287 g/mol. The highest BCUT2D eigenvalue weighted by atomic mass is 16.4. The number of hydrogen-bond donors (Lipinski definition) is 1. The van der Waals surface area contributed by atoms with E-state index in [0.717, 1.165) is 25.7 Å². The molecule has 3 heteroatoms. The van der Waals surface area contributed by atoms with Crippen molar-refractivity contribution in [2.45, 2.75) is 64.2 Å². The highest BCUT2D eigenvalue weighted by molar-refractivity contribution is 5.69. The fraction of sp³-hybridized carbons (Fsp3) is 0.889. The smallest absolute Gasteiger partial charge is 0.303 e. The van der Waals surface area contributed by atoms with E-state index in [4.69, 9.17) is 13.1 Å². The Hall–Kier alpha value is -1.04. The largest absolute Gasteiger partial charge is 0.481 e. The predicted octanol–water partition coefficient (Wildman–Crippen LogP) is 3.74. The number of hydrogen-bond acceptors (Lipinski definition) is 2. The second-order valence-corrected chi connectivity index (χ2v) is 8.19. The van der Waals surface area contributed by atoms with Crippen LogP contribution in [0, 0.1) is 44.8 Å². The summed E-state index contributed by atoms with van der Waals surface area (Å²) in [4.78, 5) is 10.6. The lowest BCUT2D eigenvalue weighted by atomic mass is 10.2. The van der Waals surface area contributed by atoms with Gasteiger partial charge in [-0.2, -0.15) is 5.26 Å². The van der Waals surface area contributed by atoms with Gasteiger partial charge in [0.05, 0.1) is 6.07 Å². The van der Waals surface area contributed by atoms with Crippen LogP contribution in [-0.2, 0) is 4.79 Å². The van der Waals surface area contributed by atoms with Crippen LogP contribution in [0.4, 0.5) is 0 Å². The Balaban J connectivity index is 0.000000106. The number of carboxylic acid groups (broad SMARTS) is 1. The first-order chi connectivity index (χ1) is 10.8. The molecule has 0 saturated heterocycles. The van der Waals surface area contributed by atoms with Crippen molar-refractivity contribution in [1.82, 2.24) is 0 Å². The molecule has 3 nitrogen and oxygen atoms in total. The third-order valence-electron chi connectivity index (χ3n) is 7.60. The second-order valence-electron chi connectivity index (χ2n) is 8.19. The third-order valence-corrected chi connectivity index (χ3v) is 7.60. The lowest BCUT2D eigenvalue weighted by Gasteiger charge is -1.88. The Morgan fingerprint density at radius 2 is 1.38 bits per heavy atom. The van der Waals surface area contributed by atoms with Crippen LogP contribution >= 0.6 is 0 Å². The Morgan fingerprint density at radius 1 is 1.00 bits per heavy atom. The van der Waals surface area contributed by atoms with Crippen LogP contribution in [0.1, 0.15) is 66.9 Å². The number of fused-ring (bicyclic) bond motifs is 2. The molecule has 6 fully saturated rings. The summed E-state index contributed by atoms with van der Waals surface area (Å²) >= 11 is 0. The van der Waals surface area contributed by atoms with Gasteiger partial charge in [-0.3, -0.25) is 4.79 Å². The fourth-order valence-electron chi connectivity index (χ4n) is 5.97. The molecule has 6 aliphatic rings. The molecule has 0 radical (unpaired) electrons. The Labute approximate surface area is 128 Å². The summed E-state index contributed by atoms with van der Waals surface area (Å²) in [7, 11) is 0. The van der Waals surface area contributed by atoms with Gasteiger partial charge in [-0.05, 0) is 84.8 Å². The topological polar surface area (TPSA) is 61.1 Å². The van der Waals surface area contributed by atoms with Gasteiger partial charge in [0.25, 0.3) is 0 Å². The van der Waals surface area contributed by atoms with E-state index in [9.17, 15) is 4.79 Å². The van der Waals surface area contributed by atoms with Crippen molar-refractivity contribution in [2.24, 2.45) is 33.4 Å². The normalized spacial score (nSPS) is 48.5. The van der Waals surface area contributed by atoms with Crippen LogP contribution < -0.4 is 0 Å². The second kappa shape index (κ2) is 3.31. The van der Waals surface area contributed by atoms with E-state index in [1.54, 1.807) is 0 Å². The molecule has 4 spiro atoms. The molecule has 0 atom stereocenters. The summed E-state index contributed by atoms with van der Waals surface area (Å²) < 4.78 is 16.3. The molecule has 0 aromatic heterocycles. The van der Waals surface area contributed by atoms with Crippen molar-refractivity contribution in [1.29, 1.82) is 5.26 Å². The first-order valence-corrected chi connectivity index (χ1v) is 8.39. The quantitative estimate of drug-likeness (QED) is 0.860. The third kappa shape index (κ3) is 1.33. The Bertz CT molecular complexity index is 627. The molecule has 6 aliphatic carbocycles. The van der Waals surface area contributed by atoms with Crippen LogP contribution in [0.25, 0.3) is 0 Å². The summed E-state index contributed by atoms with van der Waals surface area (Å²) in [5, 5.41) is 17.3. The van der Waals surface area contributed by atoms with Gasteiger partial charge in [-0.15, -0.1) is 0 Å². The van der Waals surface area contributed by atoms with Gasteiger partial charge < -0.3 is 5.11 Å². The lowest BCUT2D eigenvalue weighted by molar-refractivity contribution is -0.137. The van der Waals surface area contributed by atoms with E-state index in [1.165, 1.54) is 25.7 Å². The molecular weight excluding hydrogens is 262 g/mol. The zero-order valence-corrected chi connectivity index (χ0v) is 12.4. The van der Waals surface area contributed by atoms with Crippen LogP contribution in [0.2, 0.25) is 0 Å². The minimum absolute atomic E-state index is 0.0764. The standard InChI is InChI=1S/C9H11N.C9H12O2/c10-6-1-7-8(2-3-8)9(7)4-5-9;10-7(11)5-6-8(1-2-8)9(6)3-4-9/h7H,1-5H2;6H,1-5H2,(H,10,11)/i7D;6D. The summed E-state index contributed by atoms with van der Waals surface area (Å²) in [6, 6.07) is 2.17. The lowest BCUT2D eigenvalue weighted by Crippen LogP contribution is -1.97. The van der Waals surface area contributed by atoms with E-state index >= 15 is 0 Å². The number of aliphatic carboxylic acids is 1. The van der Waals surface area contributed by atoms with E-state index < -0.39 is 11.9 Å². The van der Waals surface area contributed by atoms with Crippen LogP contribution in [0.15, 0.2) is 0 Å². The minimum Gasteiger partial charge on any atom is -0.481 e. The highest BCUT2D eigenvalue weighted by Crippen LogP contribution is 2.93. The molecule has 0 aromatic rings. The molecule has 0 heterocycles. The van der Waals surface area contributed by atoms with Crippen molar-refractivity contribution >= 4 is 5.97 Å². The average Bonchev–Trinajstić information content (AvgIpc) is 3.36. The van der Waals surface area contributed by atoms with E-state index in [1.807, 2.05) is 0 Å². The molecule has 1 N–H and O–H groups in total. The highest BCUT2D eigenvalue weighted by Gasteiger charge is 2.86. The molecule has 0 aliphatic heterocycles. The molecular formula is C18H23NO2. The molecule has 112 valence electrons. The Morgan fingerprint density at radius 3 is 1.67 bits per heavy atom. The SMILES string of the molecule is [2H]C1(CC#N)C2(CC2)C12CC2.[2H]C1(CC(=O)O)C2(CC2)C12CC2. The van der Waals surface area contributed by atoms with Crippen LogP contribution in [0.5, 0.6) is 0 Å². The monoisotopic (exact) mass is 287 g/mol. The van der Waals surface area contributed by atoms with Crippen LogP contribution in [0.3, 0.4) is 0 Å². The van der Waals surface area contributed by atoms with Crippen molar-refractivity contribution in [3.63, 3.8) is 0 Å². The van der Waals surface area contributed by atoms with E-state index in [2.05, 4.69) is 6.07 Å². The number of nitriles is 1. The van der Waals surface area contributed by atoms with Gasteiger partial charge in [0, 0.05) is 15.6 Å². The number of carboxylic acids is 1. The Kier molecular flexibility index (Phi) is 1.68. The first kappa shape index (κ1) is 10.6. The molecule has 0 bridgehead atoms. The minimum atomic E-state index is -0.792. The van der Waals surface area contributed by atoms with Gasteiger partial charge in [-0.25, -0.2) is 0 Å². The number of nitrogens with zero attached hydrogens (tertiary/aromatic N) is 1. The maximum Gasteiger partial charge on any atom is 0.303 e. The number of rotatable bonds is 3. The molecule has 0 aromatic carbocycles. The van der Waals surface area contributed by atoms with Crippen LogP contribution in [-0.4, -0.2) is 11.1 Å². The van der Waals surface area contributed by atoms with Gasteiger partial charge in [0.1, 0.15) is 0 Å². The van der Waals surface area contributed by atoms with E-state index in [-0.39, 0.29) is 23.1 Å². The zero-order chi connectivity index (χ0) is 16.4. The number of carbonyl (C=O) groups is 1. The first-order valence-electron chi connectivity index (χ1n) is 9.39. The summed E-state index contributed by atoms with van der Waals surface area (Å²) in [5.74, 6) is -1.65. The van der Waals surface area contributed by atoms with Crippen molar-refractivity contribution in [2.75, 3.05) is 0 Å². The fourth-order valence-corrected chi connectivity index (χ4v) is 5.97. The van der Waals surface area contributed by atoms with Crippen molar-refractivity contribution in [3.8, 4) is 6.07 Å². The van der Waals surface area contributed by atoms with Gasteiger partial charge in [0.15, 0.2) is 0 Å². The molecule has 21 heavy (non-hydrogen) atoms. The van der Waals surface area contributed by atoms with Gasteiger partial charge in [0.2, 0.25) is 0 Å². The maximum atomic E-state index is 10.6. The molecule has 6 saturated carbocycles. The zero-order valence-electron chi connectivity index (χ0n) is 14.4. The van der Waals surface area contributed by atoms with E-state index in [0.29, 0.717) is 17.3 Å². The predicted molar refractivity (Wildman–Crippen MR) is 76.1 cm³/mol. The summed E-state index contributed by atoms with van der Waals surface area (Å²) in [5.41, 5.74) is 1.07. The molecule has 6 rings (SSSR count). The molecule has 0 amide bonds. The molecule has 0 unspecified atom stereocenters. The van der Waals surface area contributed by atoms with Crippen molar-refractivity contribution < 1.29 is 12.6 Å². The summed E-state index contributed by atoms with van der Waals surface area (Å²) in [6.45, 7) is 0. The summed E-state index contributed by atoms with van der Waals surface area (Å²) in [6.07, 6.45) is 9.95. The maximum absolute atomic E-state index is 10.6. The van der Waals surface area contributed by atoms with Gasteiger partial charge >= 0.3 is 5.97 Å². The van der Waals surface area contributed by atoms with Gasteiger partial charge in [-0.1, -0.05) is 0 Å². The van der Waals surface area contributed by atoms with Crippen molar-refractivity contribution in [3.05, 3.63) is 0 Å².